The Hall–Kier alpha value is -1.39. The molecule has 2 heterocycles. The molecule has 4 heteroatoms. The van der Waals surface area contributed by atoms with Gasteiger partial charge in [0.1, 0.15) is 0 Å². The molecule has 1 aromatic heterocycles. The fourth-order valence-corrected chi connectivity index (χ4v) is 3.31. The maximum Gasteiger partial charge on any atom is 0.186 e. The lowest BCUT2D eigenvalue weighted by Gasteiger charge is -2.12. The highest BCUT2D eigenvalue weighted by Gasteiger charge is 2.19. The molecule has 1 aliphatic rings. The lowest BCUT2D eigenvalue weighted by atomic mass is 10.1. The number of rotatable bonds is 3. The first-order chi connectivity index (χ1) is 8.88. The van der Waals surface area contributed by atoms with Crippen molar-refractivity contribution in [2.45, 2.75) is 19.4 Å². The second-order valence-corrected chi connectivity index (χ2v) is 5.55. The standard InChI is InChI=1S/C14H16N2OS/c17-10-12-13(11-6-2-1-3-7-11)15-14(18-12)16-8-4-5-9-16/h1-3,6-7,17H,4-5,8-10H2. The first kappa shape index (κ1) is 11.7. The van der Waals surface area contributed by atoms with E-state index < -0.39 is 0 Å². The predicted octanol–water partition coefficient (Wildman–Crippen LogP) is 2.90. The van der Waals surface area contributed by atoms with E-state index in [-0.39, 0.29) is 6.61 Å². The number of aliphatic hydroxyl groups excluding tert-OH is 1. The molecule has 1 aromatic carbocycles. The van der Waals surface area contributed by atoms with E-state index in [9.17, 15) is 5.11 Å². The lowest BCUT2D eigenvalue weighted by molar-refractivity contribution is 0.286. The van der Waals surface area contributed by atoms with Crippen LogP contribution in [-0.2, 0) is 6.61 Å². The molecule has 94 valence electrons. The van der Waals surface area contributed by atoms with Crippen molar-refractivity contribution in [1.29, 1.82) is 0 Å². The molecule has 1 saturated heterocycles. The zero-order valence-corrected chi connectivity index (χ0v) is 11.0. The molecule has 0 unspecified atom stereocenters. The topological polar surface area (TPSA) is 36.4 Å². The van der Waals surface area contributed by atoms with Crippen molar-refractivity contribution >= 4 is 16.5 Å². The molecule has 2 aromatic rings. The minimum absolute atomic E-state index is 0.0652. The zero-order valence-electron chi connectivity index (χ0n) is 10.2. The van der Waals surface area contributed by atoms with Crippen LogP contribution in [0, 0.1) is 0 Å². The lowest BCUT2D eigenvalue weighted by Crippen LogP contribution is -2.17. The fraction of sp³-hybridized carbons (Fsp3) is 0.357. The third-order valence-electron chi connectivity index (χ3n) is 3.25. The number of thiazole rings is 1. The molecule has 0 aliphatic carbocycles. The van der Waals surface area contributed by atoms with E-state index in [1.165, 1.54) is 12.8 Å². The minimum Gasteiger partial charge on any atom is -0.391 e. The van der Waals surface area contributed by atoms with Crippen LogP contribution in [0.15, 0.2) is 30.3 Å². The van der Waals surface area contributed by atoms with E-state index in [2.05, 4.69) is 4.90 Å². The number of hydrogen-bond acceptors (Lipinski definition) is 4. The Balaban J connectivity index is 1.98. The van der Waals surface area contributed by atoms with Crippen molar-refractivity contribution < 1.29 is 5.11 Å². The summed E-state index contributed by atoms with van der Waals surface area (Å²) in [5.74, 6) is 0. The molecule has 3 rings (SSSR count). The van der Waals surface area contributed by atoms with Gasteiger partial charge in [0.05, 0.1) is 17.2 Å². The smallest absolute Gasteiger partial charge is 0.186 e. The van der Waals surface area contributed by atoms with Crippen LogP contribution >= 0.6 is 11.3 Å². The summed E-state index contributed by atoms with van der Waals surface area (Å²) in [6.45, 7) is 2.24. The third kappa shape index (κ3) is 2.13. The zero-order chi connectivity index (χ0) is 12.4. The van der Waals surface area contributed by atoms with Gasteiger partial charge >= 0.3 is 0 Å². The summed E-state index contributed by atoms with van der Waals surface area (Å²) in [6, 6.07) is 10.1. The third-order valence-corrected chi connectivity index (χ3v) is 4.35. The van der Waals surface area contributed by atoms with E-state index in [1.807, 2.05) is 30.3 Å². The van der Waals surface area contributed by atoms with Gasteiger partial charge in [0.25, 0.3) is 0 Å². The average molecular weight is 260 g/mol. The van der Waals surface area contributed by atoms with Gasteiger partial charge in [-0.2, -0.15) is 0 Å². The molecule has 0 spiro atoms. The van der Waals surface area contributed by atoms with Crippen LogP contribution in [0.1, 0.15) is 17.7 Å². The normalized spacial score (nSPS) is 15.3. The van der Waals surface area contributed by atoms with E-state index in [0.717, 1.165) is 34.4 Å². The largest absolute Gasteiger partial charge is 0.391 e. The summed E-state index contributed by atoms with van der Waals surface area (Å²) >= 11 is 1.62. The summed E-state index contributed by atoms with van der Waals surface area (Å²) in [6.07, 6.45) is 2.49. The number of nitrogens with zero attached hydrogens (tertiary/aromatic N) is 2. The quantitative estimate of drug-likeness (QED) is 0.922. The molecule has 1 fully saturated rings. The van der Waals surface area contributed by atoms with Gasteiger partial charge < -0.3 is 10.0 Å². The highest BCUT2D eigenvalue weighted by molar-refractivity contribution is 7.16. The second-order valence-electron chi connectivity index (χ2n) is 4.49. The van der Waals surface area contributed by atoms with Gasteiger partial charge in [0.15, 0.2) is 5.13 Å². The molecule has 0 radical (unpaired) electrons. The van der Waals surface area contributed by atoms with Crippen molar-refractivity contribution in [3.8, 4) is 11.3 Å². The highest BCUT2D eigenvalue weighted by atomic mass is 32.1. The number of hydrogen-bond donors (Lipinski definition) is 1. The van der Waals surface area contributed by atoms with Crippen LogP contribution in [0.5, 0.6) is 0 Å². The monoisotopic (exact) mass is 260 g/mol. The van der Waals surface area contributed by atoms with E-state index in [0.29, 0.717) is 0 Å². The summed E-state index contributed by atoms with van der Waals surface area (Å²) in [5, 5.41) is 10.5. The van der Waals surface area contributed by atoms with Crippen molar-refractivity contribution in [2.24, 2.45) is 0 Å². The van der Waals surface area contributed by atoms with Crippen molar-refractivity contribution in [1.82, 2.24) is 4.98 Å². The van der Waals surface area contributed by atoms with Crippen LogP contribution in [-0.4, -0.2) is 23.2 Å². The number of aliphatic hydroxyl groups is 1. The molecule has 0 atom stereocenters. The van der Waals surface area contributed by atoms with Gasteiger partial charge in [-0.3, -0.25) is 0 Å². The van der Waals surface area contributed by atoms with E-state index >= 15 is 0 Å². The van der Waals surface area contributed by atoms with Crippen LogP contribution < -0.4 is 4.90 Å². The SMILES string of the molecule is OCc1sc(N2CCCC2)nc1-c1ccccc1. The molecule has 18 heavy (non-hydrogen) atoms. The van der Waals surface area contributed by atoms with Gasteiger partial charge in [0, 0.05) is 18.7 Å². The van der Waals surface area contributed by atoms with Gasteiger partial charge in [-0.25, -0.2) is 4.98 Å². The van der Waals surface area contributed by atoms with Gasteiger partial charge in [-0.15, -0.1) is 0 Å². The molecule has 1 aliphatic heterocycles. The Morgan fingerprint density at radius 2 is 1.89 bits per heavy atom. The molecule has 3 nitrogen and oxygen atoms in total. The van der Waals surface area contributed by atoms with E-state index in [1.54, 1.807) is 11.3 Å². The Morgan fingerprint density at radius 3 is 2.56 bits per heavy atom. The maximum atomic E-state index is 9.49. The van der Waals surface area contributed by atoms with Crippen molar-refractivity contribution in [2.75, 3.05) is 18.0 Å². The van der Waals surface area contributed by atoms with Crippen molar-refractivity contribution in [3.63, 3.8) is 0 Å². The Labute approximate surface area is 111 Å². The van der Waals surface area contributed by atoms with Crippen molar-refractivity contribution in [3.05, 3.63) is 35.2 Å². The average Bonchev–Trinajstić information content (AvgIpc) is 3.08. The number of benzene rings is 1. The van der Waals surface area contributed by atoms with Gasteiger partial charge in [-0.05, 0) is 12.8 Å². The molecular weight excluding hydrogens is 244 g/mol. The molecule has 1 N–H and O–H groups in total. The molecular formula is C14H16N2OS. The van der Waals surface area contributed by atoms with Gasteiger partial charge in [-0.1, -0.05) is 41.7 Å². The Bertz CT molecular complexity index is 518. The Kier molecular flexibility index (Phi) is 3.30. The van der Waals surface area contributed by atoms with Gasteiger partial charge in [0.2, 0.25) is 0 Å². The van der Waals surface area contributed by atoms with Crippen LogP contribution in [0.3, 0.4) is 0 Å². The number of anilines is 1. The van der Waals surface area contributed by atoms with Crippen LogP contribution in [0.2, 0.25) is 0 Å². The summed E-state index contributed by atoms with van der Waals surface area (Å²) < 4.78 is 0. The van der Waals surface area contributed by atoms with E-state index in [4.69, 9.17) is 4.98 Å². The summed E-state index contributed by atoms with van der Waals surface area (Å²) in [7, 11) is 0. The molecule has 0 amide bonds. The molecule has 0 saturated carbocycles. The second kappa shape index (κ2) is 5.08. The van der Waals surface area contributed by atoms with Crippen LogP contribution in [0.25, 0.3) is 11.3 Å². The summed E-state index contributed by atoms with van der Waals surface area (Å²) in [4.78, 5) is 7.99. The van der Waals surface area contributed by atoms with Crippen LogP contribution in [0.4, 0.5) is 5.13 Å². The predicted molar refractivity (Wildman–Crippen MR) is 74.9 cm³/mol. The highest BCUT2D eigenvalue weighted by Crippen LogP contribution is 2.34. The fourth-order valence-electron chi connectivity index (χ4n) is 2.31. The minimum atomic E-state index is 0.0652. The first-order valence-electron chi connectivity index (χ1n) is 6.29. The molecule has 0 bridgehead atoms. The number of aromatic nitrogens is 1. The summed E-state index contributed by atoms with van der Waals surface area (Å²) in [5.41, 5.74) is 2.02. The Morgan fingerprint density at radius 1 is 1.17 bits per heavy atom. The maximum absolute atomic E-state index is 9.49. The first-order valence-corrected chi connectivity index (χ1v) is 7.11.